The highest BCUT2D eigenvalue weighted by atomic mass is 79.9. The number of imidazole rings is 1. The van der Waals surface area contributed by atoms with E-state index >= 15 is 0 Å². The average Bonchev–Trinajstić information content (AvgIpc) is 3.06. The zero-order valence-electron chi connectivity index (χ0n) is 14.1. The van der Waals surface area contributed by atoms with Gasteiger partial charge in [0.25, 0.3) is 10.0 Å². The van der Waals surface area contributed by atoms with E-state index in [1.54, 1.807) is 49.2 Å². The van der Waals surface area contributed by atoms with Gasteiger partial charge in [0.1, 0.15) is 4.60 Å². The van der Waals surface area contributed by atoms with E-state index in [-0.39, 0.29) is 4.90 Å². The Bertz CT molecular complexity index is 1010. The molecule has 0 saturated heterocycles. The van der Waals surface area contributed by atoms with Crippen LogP contribution in [0.1, 0.15) is 17.0 Å². The molecule has 0 aliphatic rings. The third kappa shape index (κ3) is 3.77. The summed E-state index contributed by atoms with van der Waals surface area (Å²) in [6.07, 6.45) is 3.57. The minimum atomic E-state index is -3.66. The van der Waals surface area contributed by atoms with Crippen LogP contribution in [0.15, 0.2) is 46.3 Å². The summed E-state index contributed by atoms with van der Waals surface area (Å²) in [7, 11) is -1.88. The Kier molecular flexibility index (Phi) is 4.70. The van der Waals surface area contributed by atoms with Crippen molar-refractivity contribution >= 4 is 31.6 Å². The van der Waals surface area contributed by atoms with Crippen LogP contribution in [0, 0.1) is 13.8 Å². The highest BCUT2D eigenvalue weighted by molar-refractivity contribution is 9.10. The molecule has 0 fully saturated rings. The van der Waals surface area contributed by atoms with Gasteiger partial charge in [0, 0.05) is 19.8 Å². The van der Waals surface area contributed by atoms with Crippen LogP contribution >= 0.6 is 15.9 Å². The predicted molar refractivity (Wildman–Crippen MR) is 99.0 cm³/mol. The third-order valence-corrected chi connectivity index (χ3v) is 5.72. The van der Waals surface area contributed by atoms with E-state index in [1.807, 2.05) is 17.7 Å². The normalized spacial score (nSPS) is 11.7. The second-order valence-corrected chi connectivity index (χ2v) is 8.28. The molecule has 0 amide bonds. The van der Waals surface area contributed by atoms with E-state index in [0.29, 0.717) is 17.9 Å². The Balaban J connectivity index is 1.80. The van der Waals surface area contributed by atoms with E-state index in [2.05, 4.69) is 30.7 Å². The molecule has 3 aromatic rings. The van der Waals surface area contributed by atoms with Gasteiger partial charge in [0.2, 0.25) is 0 Å². The molecule has 2 aromatic heterocycles. The number of halogens is 1. The summed E-state index contributed by atoms with van der Waals surface area (Å²) >= 11 is 3.30. The highest BCUT2D eigenvalue weighted by Crippen LogP contribution is 2.23. The van der Waals surface area contributed by atoms with E-state index < -0.39 is 10.0 Å². The molecule has 25 heavy (non-hydrogen) atoms. The number of aryl methyl sites for hydroxylation is 2. The van der Waals surface area contributed by atoms with Crippen LogP contribution in [-0.4, -0.2) is 27.7 Å². The lowest BCUT2D eigenvalue weighted by Crippen LogP contribution is -2.14. The molecule has 1 N–H and O–H groups in total. The zero-order chi connectivity index (χ0) is 18.2. The number of rotatable bonds is 5. The maximum atomic E-state index is 12.6. The van der Waals surface area contributed by atoms with E-state index in [4.69, 9.17) is 0 Å². The maximum absolute atomic E-state index is 12.6. The van der Waals surface area contributed by atoms with Gasteiger partial charge in [-0.1, -0.05) is 12.1 Å². The number of aromatic nitrogens is 4. The quantitative estimate of drug-likeness (QED) is 0.683. The molecular weight excluding hydrogens is 406 g/mol. The first-order chi connectivity index (χ1) is 11.8. The minimum absolute atomic E-state index is 0.214. The summed E-state index contributed by atoms with van der Waals surface area (Å²) in [5, 5.41) is 4.23. The molecule has 132 valence electrons. The first-order valence-electron chi connectivity index (χ1n) is 7.55. The van der Waals surface area contributed by atoms with Crippen molar-refractivity contribution in [3.63, 3.8) is 0 Å². The first kappa shape index (κ1) is 17.7. The molecule has 3 rings (SSSR count). The van der Waals surface area contributed by atoms with Crippen molar-refractivity contribution in [2.75, 3.05) is 4.72 Å². The highest BCUT2D eigenvalue weighted by Gasteiger charge is 2.19. The minimum Gasteiger partial charge on any atom is -0.332 e. The number of benzene rings is 1. The van der Waals surface area contributed by atoms with Crippen LogP contribution in [0.25, 0.3) is 0 Å². The summed E-state index contributed by atoms with van der Waals surface area (Å²) in [5.41, 5.74) is 2.92. The summed E-state index contributed by atoms with van der Waals surface area (Å²) in [4.78, 5) is 4.31. The van der Waals surface area contributed by atoms with Crippen LogP contribution in [0.3, 0.4) is 0 Å². The molecule has 1 aromatic carbocycles. The Labute approximate surface area is 154 Å². The maximum Gasteiger partial charge on any atom is 0.262 e. The number of anilines is 1. The van der Waals surface area contributed by atoms with Gasteiger partial charge >= 0.3 is 0 Å². The van der Waals surface area contributed by atoms with Crippen molar-refractivity contribution < 1.29 is 8.42 Å². The lowest BCUT2D eigenvalue weighted by molar-refractivity contribution is 0.601. The first-order valence-corrected chi connectivity index (χ1v) is 9.83. The Hall–Kier alpha value is -2.13. The molecule has 7 nitrogen and oxygen atoms in total. The van der Waals surface area contributed by atoms with Crippen molar-refractivity contribution in [2.45, 2.75) is 25.3 Å². The topological polar surface area (TPSA) is 81.8 Å². The van der Waals surface area contributed by atoms with Crippen LogP contribution < -0.4 is 4.72 Å². The van der Waals surface area contributed by atoms with Gasteiger partial charge in [-0.25, -0.2) is 13.4 Å². The molecule has 0 bridgehead atoms. The van der Waals surface area contributed by atoms with Crippen LogP contribution in [-0.2, 0) is 23.6 Å². The Morgan fingerprint density at radius 1 is 1.20 bits per heavy atom. The van der Waals surface area contributed by atoms with Gasteiger partial charge in [0.05, 0.1) is 28.3 Å². The zero-order valence-corrected chi connectivity index (χ0v) is 16.5. The van der Waals surface area contributed by atoms with Gasteiger partial charge in [-0.15, -0.1) is 0 Å². The number of nitrogens with zero attached hydrogens (tertiary/aromatic N) is 4. The summed E-state index contributed by atoms with van der Waals surface area (Å²) in [6.45, 7) is 4.22. The summed E-state index contributed by atoms with van der Waals surface area (Å²) in [5.74, 6) is 0. The van der Waals surface area contributed by atoms with Gasteiger partial charge in [0.15, 0.2) is 0 Å². The van der Waals surface area contributed by atoms with Gasteiger partial charge in [-0.2, -0.15) is 5.10 Å². The van der Waals surface area contributed by atoms with Crippen molar-refractivity contribution in [1.29, 1.82) is 0 Å². The largest absolute Gasteiger partial charge is 0.332 e. The van der Waals surface area contributed by atoms with Crippen molar-refractivity contribution in [1.82, 2.24) is 19.3 Å². The smallest absolute Gasteiger partial charge is 0.262 e. The monoisotopic (exact) mass is 423 g/mol. The molecule has 0 aliphatic heterocycles. The lowest BCUT2D eigenvalue weighted by Gasteiger charge is -2.09. The summed E-state index contributed by atoms with van der Waals surface area (Å²) in [6, 6.07) is 6.80. The molecule has 9 heteroatoms. The fourth-order valence-corrected chi connectivity index (χ4v) is 4.05. The second kappa shape index (κ2) is 6.64. The SMILES string of the molecule is Cc1nn(C)c(C)c1NS(=O)(=O)c1ccc(Cn2cnc(Br)c2)cc1. The van der Waals surface area contributed by atoms with E-state index in [0.717, 1.165) is 15.9 Å². The van der Waals surface area contributed by atoms with E-state index in [9.17, 15) is 8.42 Å². The molecule has 0 atom stereocenters. The van der Waals surface area contributed by atoms with E-state index in [1.165, 1.54) is 0 Å². The number of hydrogen-bond acceptors (Lipinski definition) is 4. The molecule has 0 radical (unpaired) electrons. The summed E-state index contributed by atoms with van der Waals surface area (Å²) < 4.78 is 32.2. The number of hydrogen-bond donors (Lipinski definition) is 1. The predicted octanol–water partition coefficient (Wildman–Crippen LogP) is 2.85. The fourth-order valence-electron chi connectivity index (χ4n) is 2.52. The molecule has 2 heterocycles. The molecule has 0 aliphatic carbocycles. The van der Waals surface area contributed by atoms with Crippen LogP contribution in [0.5, 0.6) is 0 Å². The van der Waals surface area contributed by atoms with Crippen molar-refractivity contribution in [3.8, 4) is 0 Å². The molecule has 0 unspecified atom stereocenters. The molecule has 0 spiro atoms. The van der Waals surface area contributed by atoms with Gasteiger partial charge < -0.3 is 4.57 Å². The van der Waals surface area contributed by atoms with Gasteiger partial charge in [-0.3, -0.25) is 9.40 Å². The second-order valence-electron chi connectivity index (χ2n) is 5.79. The third-order valence-electron chi connectivity index (χ3n) is 3.95. The van der Waals surface area contributed by atoms with Gasteiger partial charge in [-0.05, 0) is 47.5 Å². The Morgan fingerprint density at radius 3 is 2.40 bits per heavy atom. The number of sulfonamides is 1. The molecular formula is C16H18BrN5O2S. The lowest BCUT2D eigenvalue weighted by atomic mass is 10.2. The van der Waals surface area contributed by atoms with Crippen LogP contribution in [0.2, 0.25) is 0 Å². The average molecular weight is 424 g/mol. The number of nitrogens with one attached hydrogen (secondary N) is 1. The van der Waals surface area contributed by atoms with Crippen molar-refractivity contribution in [3.05, 3.63) is 58.3 Å². The standard InChI is InChI=1S/C16H18BrN5O2S/c1-11-16(12(2)21(3)19-11)20-25(23,24)14-6-4-13(5-7-14)8-22-9-15(17)18-10-22/h4-7,9-10,20H,8H2,1-3H3. The fraction of sp³-hybridized carbons (Fsp3) is 0.250. The van der Waals surface area contributed by atoms with Crippen LogP contribution in [0.4, 0.5) is 5.69 Å². The Morgan fingerprint density at radius 2 is 1.88 bits per heavy atom. The van der Waals surface area contributed by atoms with Crippen molar-refractivity contribution in [2.24, 2.45) is 7.05 Å². The molecule has 0 saturated carbocycles.